The van der Waals surface area contributed by atoms with E-state index in [0.29, 0.717) is 6.04 Å². The monoisotopic (exact) mass is 273 g/mol. The summed E-state index contributed by atoms with van der Waals surface area (Å²) in [6.07, 6.45) is 9.36. The lowest BCUT2D eigenvalue weighted by molar-refractivity contribution is 0.283. The van der Waals surface area contributed by atoms with Gasteiger partial charge in [0.15, 0.2) is 0 Å². The van der Waals surface area contributed by atoms with Gasteiger partial charge in [0.25, 0.3) is 0 Å². The Morgan fingerprint density at radius 2 is 2.10 bits per heavy atom. The van der Waals surface area contributed by atoms with Crippen LogP contribution in [-0.2, 0) is 12.8 Å². The number of ether oxygens (including phenoxy) is 1. The third kappa shape index (κ3) is 3.35. The minimum Gasteiger partial charge on any atom is -0.493 e. The summed E-state index contributed by atoms with van der Waals surface area (Å²) in [5.74, 6) is 1.99. The summed E-state index contributed by atoms with van der Waals surface area (Å²) in [4.78, 5) is 0. The molecule has 2 aliphatic rings. The van der Waals surface area contributed by atoms with Crippen LogP contribution in [-0.4, -0.2) is 19.2 Å². The maximum atomic E-state index is 5.56. The zero-order valence-electron chi connectivity index (χ0n) is 12.7. The van der Waals surface area contributed by atoms with Gasteiger partial charge in [-0.05, 0) is 55.8 Å². The van der Waals surface area contributed by atoms with Gasteiger partial charge >= 0.3 is 0 Å². The van der Waals surface area contributed by atoms with E-state index in [1.165, 1.54) is 43.2 Å². The van der Waals surface area contributed by atoms with Crippen LogP contribution < -0.4 is 10.1 Å². The minimum absolute atomic E-state index is 0.674. The van der Waals surface area contributed by atoms with Crippen LogP contribution in [0.1, 0.15) is 50.2 Å². The highest BCUT2D eigenvalue weighted by molar-refractivity contribution is 5.39. The third-order valence-electron chi connectivity index (χ3n) is 4.99. The van der Waals surface area contributed by atoms with E-state index in [4.69, 9.17) is 4.74 Å². The van der Waals surface area contributed by atoms with E-state index in [1.807, 2.05) is 0 Å². The molecule has 0 unspecified atom stereocenters. The summed E-state index contributed by atoms with van der Waals surface area (Å²) in [6, 6.07) is 7.36. The van der Waals surface area contributed by atoms with Gasteiger partial charge in [-0.3, -0.25) is 0 Å². The molecule has 0 bridgehead atoms. The van der Waals surface area contributed by atoms with Crippen molar-refractivity contribution < 1.29 is 4.74 Å². The van der Waals surface area contributed by atoms with Gasteiger partial charge in [0, 0.05) is 12.5 Å². The highest BCUT2D eigenvalue weighted by Gasteiger charge is 2.19. The highest BCUT2D eigenvalue weighted by atomic mass is 16.5. The van der Waals surface area contributed by atoms with Crippen LogP contribution in [0.15, 0.2) is 18.2 Å². The van der Waals surface area contributed by atoms with E-state index in [1.54, 1.807) is 0 Å². The number of hydrogen-bond donors (Lipinski definition) is 1. The van der Waals surface area contributed by atoms with Crippen molar-refractivity contribution in [2.45, 2.75) is 57.9 Å². The minimum atomic E-state index is 0.674. The molecule has 2 heteroatoms. The van der Waals surface area contributed by atoms with Crippen molar-refractivity contribution >= 4 is 0 Å². The van der Waals surface area contributed by atoms with E-state index in [9.17, 15) is 0 Å². The number of benzene rings is 1. The molecule has 20 heavy (non-hydrogen) atoms. The lowest BCUT2D eigenvalue weighted by atomic mass is 9.84. The molecule has 1 aromatic rings. The SMILES string of the molecule is C[C@@H](NCCc1ccc2c(c1)CCO2)C1CCCCC1. The van der Waals surface area contributed by atoms with Crippen LogP contribution in [0.4, 0.5) is 0 Å². The van der Waals surface area contributed by atoms with Crippen LogP contribution in [0.25, 0.3) is 0 Å². The first-order valence-corrected chi connectivity index (χ1v) is 8.31. The van der Waals surface area contributed by atoms with Crippen molar-refractivity contribution in [2.24, 2.45) is 5.92 Å². The predicted octanol–water partition coefficient (Wildman–Crippen LogP) is 3.72. The summed E-state index contributed by atoms with van der Waals surface area (Å²) in [5.41, 5.74) is 2.83. The first-order valence-electron chi connectivity index (χ1n) is 8.31. The first kappa shape index (κ1) is 13.9. The Balaban J connectivity index is 1.45. The molecule has 1 fully saturated rings. The Morgan fingerprint density at radius 3 is 2.95 bits per heavy atom. The fraction of sp³-hybridized carbons (Fsp3) is 0.667. The van der Waals surface area contributed by atoms with Crippen molar-refractivity contribution in [3.05, 3.63) is 29.3 Å². The van der Waals surface area contributed by atoms with E-state index in [2.05, 4.69) is 30.4 Å². The van der Waals surface area contributed by atoms with Gasteiger partial charge in [-0.1, -0.05) is 31.4 Å². The Labute approximate surface area is 122 Å². The van der Waals surface area contributed by atoms with Crippen LogP contribution in [0.2, 0.25) is 0 Å². The van der Waals surface area contributed by atoms with Crippen LogP contribution in [0.3, 0.4) is 0 Å². The van der Waals surface area contributed by atoms with Gasteiger partial charge in [0.05, 0.1) is 6.61 Å². The molecule has 0 aromatic heterocycles. The van der Waals surface area contributed by atoms with E-state index < -0.39 is 0 Å². The molecule has 1 heterocycles. The Kier molecular flexibility index (Phi) is 4.62. The van der Waals surface area contributed by atoms with E-state index >= 15 is 0 Å². The van der Waals surface area contributed by atoms with Gasteiger partial charge in [-0.2, -0.15) is 0 Å². The summed E-state index contributed by atoms with van der Waals surface area (Å²) in [6.45, 7) is 4.32. The van der Waals surface area contributed by atoms with Gasteiger partial charge in [-0.25, -0.2) is 0 Å². The van der Waals surface area contributed by atoms with Gasteiger partial charge in [0.1, 0.15) is 5.75 Å². The second kappa shape index (κ2) is 6.62. The Bertz CT molecular complexity index is 437. The molecule has 1 aliphatic heterocycles. The predicted molar refractivity (Wildman–Crippen MR) is 83.4 cm³/mol. The smallest absolute Gasteiger partial charge is 0.122 e. The topological polar surface area (TPSA) is 21.3 Å². The van der Waals surface area contributed by atoms with Crippen molar-refractivity contribution in [1.82, 2.24) is 5.32 Å². The average molecular weight is 273 g/mol. The molecule has 0 spiro atoms. The van der Waals surface area contributed by atoms with Gasteiger partial charge in [0.2, 0.25) is 0 Å². The molecule has 1 saturated carbocycles. The molecule has 0 saturated heterocycles. The summed E-state index contributed by atoms with van der Waals surface area (Å²) in [5, 5.41) is 3.74. The number of fused-ring (bicyclic) bond motifs is 1. The lowest BCUT2D eigenvalue weighted by Crippen LogP contribution is -2.35. The van der Waals surface area contributed by atoms with Gasteiger partial charge < -0.3 is 10.1 Å². The Morgan fingerprint density at radius 1 is 1.25 bits per heavy atom. The molecule has 0 amide bonds. The van der Waals surface area contributed by atoms with Crippen molar-refractivity contribution in [2.75, 3.05) is 13.2 Å². The van der Waals surface area contributed by atoms with Crippen LogP contribution in [0.5, 0.6) is 5.75 Å². The molecule has 1 aromatic carbocycles. The normalized spacial score (nSPS) is 20.4. The van der Waals surface area contributed by atoms with Crippen molar-refractivity contribution in [3.8, 4) is 5.75 Å². The molecule has 110 valence electrons. The molecular formula is C18H27NO. The quantitative estimate of drug-likeness (QED) is 0.883. The zero-order valence-corrected chi connectivity index (χ0v) is 12.7. The van der Waals surface area contributed by atoms with Crippen LogP contribution in [0, 0.1) is 5.92 Å². The fourth-order valence-electron chi connectivity index (χ4n) is 3.64. The maximum Gasteiger partial charge on any atom is 0.122 e. The van der Waals surface area contributed by atoms with Crippen molar-refractivity contribution in [1.29, 1.82) is 0 Å². The largest absolute Gasteiger partial charge is 0.493 e. The second-order valence-electron chi connectivity index (χ2n) is 6.43. The molecule has 2 nitrogen and oxygen atoms in total. The first-order chi connectivity index (χ1) is 9.83. The standard InChI is InChI=1S/C18H27NO/c1-14(16-5-3-2-4-6-16)19-11-9-15-7-8-18-17(13-15)10-12-20-18/h7-8,13-14,16,19H,2-6,9-12H2,1H3/t14-/m1/s1. The molecule has 1 aliphatic carbocycles. The highest BCUT2D eigenvalue weighted by Crippen LogP contribution is 2.27. The van der Waals surface area contributed by atoms with E-state index in [0.717, 1.165) is 37.7 Å². The zero-order chi connectivity index (χ0) is 13.8. The summed E-state index contributed by atoms with van der Waals surface area (Å²) < 4.78 is 5.56. The maximum absolute atomic E-state index is 5.56. The molecule has 1 atom stereocenters. The lowest BCUT2D eigenvalue weighted by Gasteiger charge is -2.28. The molecular weight excluding hydrogens is 246 g/mol. The third-order valence-corrected chi connectivity index (χ3v) is 4.99. The van der Waals surface area contributed by atoms with E-state index in [-0.39, 0.29) is 0 Å². The summed E-state index contributed by atoms with van der Waals surface area (Å²) >= 11 is 0. The number of nitrogens with one attached hydrogen (secondary N) is 1. The second-order valence-corrected chi connectivity index (χ2v) is 6.43. The number of hydrogen-bond acceptors (Lipinski definition) is 2. The molecule has 0 radical (unpaired) electrons. The Hall–Kier alpha value is -1.02. The summed E-state index contributed by atoms with van der Waals surface area (Å²) in [7, 11) is 0. The molecule has 1 N–H and O–H groups in total. The number of rotatable bonds is 5. The van der Waals surface area contributed by atoms with Crippen molar-refractivity contribution in [3.63, 3.8) is 0 Å². The van der Waals surface area contributed by atoms with Crippen LogP contribution >= 0.6 is 0 Å². The molecule has 3 rings (SSSR count). The van der Waals surface area contributed by atoms with Gasteiger partial charge in [-0.15, -0.1) is 0 Å². The average Bonchev–Trinajstić information content (AvgIpc) is 2.95. The fourth-order valence-corrected chi connectivity index (χ4v) is 3.64.